The van der Waals surface area contributed by atoms with Gasteiger partial charge in [0, 0.05) is 28.4 Å². The minimum absolute atomic E-state index is 0.0287. The second-order valence-electron chi connectivity index (χ2n) is 4.49. The standard InChI is InChI=1S/C16H16BrNO2/c1-2-11-18-14(8-10-16(19)20)7-9-15(18)12-3-5-13(17)6-4-12/h2-7,9H,1,8,10-11H2,(H,19,20)/p-1. The van der Waals surface area contributed by atoms with Crippen LogP contribution in [0.1, 0.15) is 12.1 Å². The summed E-state index contributed by atoms with van der Waals surface area (Å²) in [6, 6.07) is 12.0. The molecule has 0 spiro atoms. The summed E-state index contributed by atoms with van der Waals surface area (Å²) < 4.78 is 3.11. The van der Waals surface area contributed by atoms with E-state index in [-0.39, 0.29) is 6.42 Å². The Balaban J connectivity index is 2.35. The van der Waals surface area contributed by atoms with E-state index in [9.17, 15) is 9.90 Å². The summed E-state index contributed by atoms with van der Waals surface area (Å²) in [5, 5.41) is 10.6. The number of aliphatic carboxylic acids is 1. The molecule has 20 heavy (non-hydrogen) atoms. The number of benzene rings is 1. The van der Waals surface area contributed by atoms with Crippen LogP contribution in [0.3, 0.4) is 0 Å². The molecule has 1 heterocycles. The number of allylic oxidation sites excluding steroid dienone is 1. The van der Waals surface area contributed by atoms with Crippen LogP contribution in [0.25, 0.3) is 11.3 Å². The van der Waals surface area contributed by atoms with E-state index < -0.39 is 5.97 Å². The molecule has 0 amide bonds. The van der Waals surface area contributed by atoms with Crippen molar-refractivity contribution in [3.8, 4) is 11.3 Å². The van der Waals surface area contributed by atoms with Gasteiger partial charge in [-0.25, -0.2) is 0 Å². The molecule has 0 bridgehead atoms. The van der Waals surface area contributed by atoms with Gasteiger partial charge in [0.25, 0.3) is 0 Å². The van der Waals surface area contributed by atoms with Gasteiger partial charge >= 0.3 is 0 Å². The van der Waals surface area contributed by atoms with Gasteiger partial charge in [-0.2, -0.15) is 0 Å². The lowest BCUT2D eigenvalue weighted by molar-refractivity contribution is -0.305. The minimum atomic E-state index is -1.03. The summed E-state index contributed by atoms with van der Waals surface area (Å²) in [7, 11) is 0. The molecule has 2 aromatic rings. The smallest absolute Gasteiger partial charge is 0.0485 e. The maximum Gasteiger partial charge on any atom is 0.0485 e. The van der Waals surface area contributed by atoms with E-state index in [1.54, 1.807) is 0 Å². The minimum Gasteiger partial charge on any atom is -0.550 e. The van der Waals surface area contributed by atoms with Crippen LogP contribution in [0, 0.1) is 0 Å². The van der Waals surface area contributed by atoms with Crippen molar-refractivity contribution < 1.29 is 9.90 Å². The maximum atomic E-state index is 10.6. The normalized spacial score (nSPS) is 10.4. The van der Waals surface area contributed by atoms with Crippen LogP contribution in [0.5, 0.6) is 0 Å². The van der Waals surface area contributed by atoms with Gasteiger partial charge in [-0.1, -0.05) is 34.1 Å². The lowest BCUT2D eigenvalue weighted by Gasteiger charge is -2.12. The van der Waals surface area contributed by atoms with Crippen LogP contribution in [-0.4, -0.2) is 10.5 Å². The van der Waals surface area contributed by atoms with Crippen molar-refractivity contribution in [2.24, 2.45) is 0 Å². The SMILES string of the molecule is C=CCn1c(CCC(=O)[O-])ccc1-c1ccc(Br)cc1. The zero-order valence-electron chi connectivity index (χ0n) is 11.0. The van der Waals surface area contributed by atoms with E-state index in [0.717, 1.165) is 21.4 Å². The fourth-order valence-corrected chi connectivity index (χ4v) is 2.44. The number of hydrogen-bond donors (Lipinski definition) is 0. The molecular formula is C16H15BrNO2-. The van der Waals surface area contributed by atoms with Crippen molar-refractivity contribution in [3.63, 3.8) is 0 Å². The third-order valence-corrected chi connectivity index (χ3v) is 3.64. The highest BCUT2D eigenvalue weighted by molar-refractivity contribution is 9.10. The number of halogens is 1. The van der Waals surface area contributed by atoms with Crippen LogP contribution in [-0.2, 0) is 17.8 Å². The molecule has 0 aliphatic carbocycles. The highest BCUT2D eigenvalue weighted by atomic mass is 79.9. The van der Waals surface area contributed by atoms with E-state index in [2.05, 4.69) is 27.1 Å². The second-order valence-corrected chi connectivity index (χ2v) is 5.40. The van der Waals surface area contributed by atoms with E-state index >= 15 is 0 Å². The molecule has 1 aromatic carbocycles. The number of hydrogen-bond acceptors (Lipinski definition) is 2. The quantitative estimate of drug-likeness (QED) is 0.763. The van der Waals surface area contributed by atoms with E-state index in [1.807, 2.05) is 42.5 Å². The average Bonchev–Trinajstić information content (AvgIpc) is 2.81. The lowest BCUT2D eigenvalue weighted by atomic mass is 10.1. The number of rotatable bonds is 6. The number of nitrogens with zero attached hydrogens (tertiary/aromatic N) is 1. The molecule has 1 aromatic heterocycles. The largest absolute Gasteiger partial charge is 0.550 e. The van der Waals surface area contributed by atoms with Crippen molar-refractivity contribution in [2.75, 3.05) is 0 Å². The Bertz CT molecular complexity index is 614. The molecule has 0 saturated heterocycles. The fraction of sp³-hybridized carbons (Fsp3) is 0.188. The Morgan fingerprint density at radius 2 is 1.95 bits per heavy atom. The van der Waals surface area contributed by atoms with Crippen molar-refractivity contribution in [1.82, 2.24) is 4.57 Å². The molecule has 3 nitrogen and oxygen atoms in total. The number of carboxylic acid groups (broad SMARTS) is 1. The Morgan fingerprint density at radius 3 is 2.55 bits per heavy atom. The topological polar surface area (TPSA) is 45.1 Å². The predicted octanol–water partition coefficient (Wildman–Crippen LogP) is 2.79. The van der Waals surface area contributed by atoms with Gasteiger partial charge in [-0.3, -0.25) is 0 Å². The molecule has 0 aliphatic heterocycles. The van der Waals surface area contributed by atoms with Gasteiger partial charge in [0.1, 0.15) is 0 Å². The van der Waals surface area contributed by atoms with E-state index in [4.69, 9.17) is 0 Å². The third kappa shape index (κ3) is 3.39. The van der Waals surface area contributed by atoms with Crippen LogP contribution in [0.4, 0.5) is 0 Å². The fourth-order valence-electron chi connectivity index (χ4n) is 2.18. The van der Waals surface area contributed by atoms with Crippen molar-refractivity contribution >= 4 is 21.9 Å². The first-order valence-corrected chi connectivity index (χ1v) is 7.16. The number of aromatic nitrogens is 1. The summed E-state index contributed by atoms with van der Waals surface area (Å²) in [6.45, 7) is 4.42. The molecule has 4 heteroatoms. The van der Waals surface area contributed by atoms with Crippen LogP contribution in [0.15, 0.2) is 53.5 Å². The van der Waals surface area contributed by atoms with Gasteiger partial charge in [-0.15, -0.1) is 6.58 Å². The van der Waals surface area contributed by atoms with Crippen molar-refractivity contribution in [2.45, 2.75) is 19.4 Å². The molecule has 0 N–H and O–H groups in total. The number of carboxylic acids is 1. The lowest BCUT2D eigenvalue weighted by Crippen LogP contribution is -2.22. The van der Waals surface area contributed by atoms with Gasteiger partial charge in [0.05, 0.1) is 0 Å². The summed E-state index contributed by atoms with van der Waals surface area (Å²) in [5.74, 6) is -1.03. The number of carbonyl (C=O) groups excluding carboxylic acids is 1. The highest BCUT2D eigenvalue weighted by Crippen LogP contribution is 2.25. The van der Waals surface area contributed by atoms with Gasteiger partial charge in [-0.05, 0) is 42.7 Å². The molecule has 0 fully saturated rings. The van der Waals surface area contributed by atoms with Gasteiger partial charge in [0.15, 0.2) is 0 Å². The summed E-state index contributed by atoms with van der Waals surface area (Å²) >= 11 is 3.42. The molecule has 2 rings (SSSR count). The molecule has 0 saturated carbocycles. The summed E-state index contributed by atoms with van der Waals surface area (Å²) in [6.07, 6.45) is 2.30. The van der Waals surface area contributed by atoms with Crippen LogP contribution < -0.4 is 5.11 Å². The second kappa shape index (κ2) is 6.57. The van der Waals surface area contributed by atoms with Gasteiger partial charge in [0.2, 0.25) is 0 Å². The number of carbonyl (C=O) groups is 1. The first-order chi connectivity index (χ1) is 9.61. The molecule has 0 radical (unpaired) electrons. The highest BCUT2D eigenvalue weighted by Gasteiger charge is 2.09. The van der Waals surface area contributed by atoms with Crippen LogP contribution >= 0.6 is 15.9 Å². The molecular weight excluding hydrogens is 318 g/mol. The Kier molecular flexibility index (Phi) is 4.79. The first kappa shape index (κ1) is 14.6. The van der Waals surface area contributed by atoms with Crippen LogP contribution in [0.2, 0.25) is 0 Å². The Morgan fingerprint density at radius 1 is 1.25 bits per heavy atom. The summed E-state index contributed by atoms with van der Waals surface area (Å²) in [5.41, 5.74) is 3.13. The monoisotopic (exact) mass is 332 g/mol. The zero-order chi connectivity index (χ0) is 14.5. The van der Waals surface area contributed by atoms with Crippen molar-refractivity contribution in [3.05, 3.63) is 59.2 Å². The Labute approximate surface area is 126 Å². The third-order valence-electron chi connectivity index (χ3n) is 3.11. The average molecular weight is 333 g/mol. The Hall–Kier alpha value is -1.81. The van der Waals surface area contributed by atoms with E-state index in [1.165, 1.54) is 0 Å². The zero-order valence-corrected chi connectivity index (χ0v) is 12.6. The van der Waals surface area contributed by atoms with Crippen molar-refractivity contribution in [1.29, 1.82) is 0 Å². The summed E-state index contributed by atoms with van der Waals surface area (Å²) in [4.78, 5) is 10.6. The molecule has 0 atom stereocenters. The van der Waals surface area contributed by atoms with E-state index in [0.29, 0.717) is 13.0 Å². The predicted molar refractivity (Wildman–Crippen MR) is 81.1 cm³/mol. The molecule has 104 valence electrons. The first-order valence-electron chi connectivity index (χ1n) is 6.37. The number of aryl methyl sites for hydroxylation is 1. The molecule has 0 unspecified atom stereocenters. The maximum absolute atomic E-state index is 10.6. The molecule has 0 aliphatic rings. The van der Waals surface area contributed by atoms with Gasteiger partial charge < -0.3 is 14.5 Å².